The van der Waals surface area contributed by atoms with Gasteiger partial charge in [-0.2, -0.15) is 0 Å². The molecule has 0 spiro atoms. The quantitative estimate of drug-likeness (QED) is 0.604. The molecule has 3 N–H and O–H groups in total. The first-order chi connectivity index (χ1) is 11.6. The second-order valence-corrected chi connectivity index (χ2v) is 6.27. The number of nitrogens with one attached hydrogen (secondary N) is 2. The zero-order valence-electron chi connectivity index (χ0n) is 14.2. The van der Waals surface area contributed by atoms with Crippen molar-refractivity contribution in [2.24, 2.45) is 0 Å². The number of carboxylic acid groups (broad SMARTS) is 1. The van der Waals surface area contributed by atoms with Crippen molar-refractivity contribution < 1.29 is 29.0 Å². The van der Waals surface area contributed by atoms with E-state index in [0.29, 0.717) is 5.69 Å². The molecule has 0 atom stereocenters. The minimum absolute atomic E-state index is 0.0503. The number of anilines is 1. The number of ether oxygens (including phenoxy) is 2. The van der Waals surface area contributed by atoms with Crippen LogP contribution in [-0.4, -0.2) is 42.3 Å². The summed E-state index contributed by atoms with van der Waals surface area (Å²) in [6.45, 7) is 3.18. The molecule has 138 valence electrons. The molecule has 0 aliphatic rings. The molecule has 25 heavy (non-hydrogen) atoms. The van der Waals surface area contributed by atoms with E-state index in [2.05, 4.69) is 15.4 Å². The Kier molecular flexibility index (Phi) is 7.50. The summed E-state index contributed by atoms with van der Waals surface area (Å²) in [6.07, 6.45) is 0.238. The van der Waals surface area contributed by atoms with E-state index in [1.54, 1.807) is 19.9 Å². The molecule has 1 aromatic rings. The molecule has 1 aromatic carbocycles. The van der Waals surface area contributed by atoms with Crippen LogP contribution in [0.25, 0.3) is 0 Å². The minimum Gasteiger partial charge on any atom is -0.481 e. The molecule has 0 radical (unpaired) electrons. The lowest BCUT2D eigenvalue weighted by molar-refractivity contribution is -0.143. The molecule has 0 heterocycles. The molecular formula is C16H21ClN2O6. The molecule has 1 rings (SSSR count). The van der Waals surface area contributed by atoms with E-state index in [-0.39, 0.29) is 30.2 Å². The van der Waals surface area contributed by atoms with E-state index in [0.717, 1.165) is 0 Å². The molecule has 0 unspecified atom stereocenters. The highest BCUT2D eigenvalue weighted by Crippen LogP contribution is 2.27. The van der Waals surface area contributed by atoms with Gasteiger partial charge in [0.2, 0.25) is 0 Å². The third-order valence-electron chi connectivity index (χ3n) is 3.18. The molecule has 0 aliphatic carbocycles. The third-order valence-corrected chi connectivity index (χ3v) is 3.47. The number of rotatable bonds is 8. The largest absolute Gasteiger partial charge is 0.481 e. The first-order valence-electron chi connectivity index (χ1n) is 7.43. The van der Waals surface area contributed by atoms with Gasteiger partial charge in [-0.25, -0.2) is 9.59 Å². The van der Waals surface area contributed by atoms with Crippen molar-refractivity contribution in [1.29, 1.82) is 0 Å². The van der Waals surface area contributed by atoms with Crippen molar-refractivity contribution in [2.75, 3.05) is 19.0 Å². The lowest BCUT2D eigenvalue weighted by Crippen LogP contribution is -2.45. The number of aliphatic carboxylic acids is 1. The van der Waals surface area contributed by atoms with Gasteiger partial charge in [0.15, 0.2) is 6.61 Å². The summed E-state index contributed by atoms with van der Waals surface area (Å²) in [5.41, 5.74) is -0.266. The molecule has 0 aliphatic heterocycles. The molecule has 2 amide bonds. The number of carbonyl (C=O) groups is 3. The molecular weight excluding hydrogens is 352 g/mol. The Labute approximate surface area is 150 Å². The number of urea groups is 1. The summed E-state index contributed by atoms with van der Waals surface area (Å²) in [7, 11) is 1.25. The number of halogens is 1. The van der Waals surface area contributed by atoms with Gasteiger partial charge < -0.3 is 25.2 Å². The number of methoxy groups -OCH3 is 1. The van der Waals surface area contributed by atoms with Gasteiger partial charge in [-0.15, -0.1) is 0 Å². The van der Waals surface area contributed by atoms with Crippen LogP contribution in [0.4, 0.5) is 10.5 Å². The number of carboxylic acids is 1. The van der Waals surface area contributed by atoms with Crippen LogP contribution in [0.3, 0.4) is 0 Å². The van der Waals surface area contributed by atoms with Crippen molar-refractivity contribution in [1.82, 2.24) is 5.32 Å². The van der Waals surface area contributed by atoms with Crippen LogP contribution < -0.4 is 15.4 Å². The lowest BCUT2D eigenvalue weighted by atomic mass is 9.99. The molecule has 9 heteroatoms. The van der Waals surface area contributed by atoms with E-state index < -0.39 is 23.5 Å². The fourth-order valence-electron chi connectivity index (χ4n) is 1.84. The Balaban J connectivity index is 2.61. The van der Waals surface area contributed by atoms with Crippen LogP contribution in [0.15, 0.2) is 18.2 Å². The summed E-state index contributed by atoms with van der Waals surface area (Å²) in [5.74, 6) is -1.19. The fraction of sp³-hybridized carbons (Fsp3) is 0.438. The monoisotopic (exact) mass is 372 g/mol. The maximum absolute atomic E-state index is 12.0. The molecule has 0 saturated carbocycles. The van der Waals surface area contributed by atoms with Gasteiger partial charge in [0, 0.05) is 17.6 Å². The summed E-state index contributed by atoms with van der Waals surface area (Å²) < 4.78 is 9.65. The maximum Gasteiger partial charge on any atom is 0.343 e. The summed E-state index contributed by atoms with van der Waals surface area (Å²) in [6, 6.07) is 4.05. The normalized spacial score (nSPS) is 10.7. The smallest absolute Gasteiger partial charge is 0.343 e. The van der Waals surface area contributed by atoms with Crippen molar-refractivity contribution >= 4 is 35.3 Å². The predicted octanol–water partition coefficient (Wildman–Crippen LogP) is 2.66. The number of carbonyl (C=O) groups excluding carboxylic acids is 2. The summed E-state index contributed by atoms with van der Waals surface area (Å²) in [5, 5.41) is 14.2. The van der Waals surface area contributed by atoms with Gasteiger partial charge in [-0.05, 0) is 38.5 Å². The van der Waals surface area contributed by atoms with Crippen LogP contribution in [0.5, 0.6) is 5.75 Å². The summed E-state index contributed by atoms with van der Waals surface area (Å²) in [4.78, 5) is 33.7. The standard InChI is InChI=1S/C16H21ClN2O6/c1-16(2,7-6-13(20)21)19-15(23)18-10-4-5-12(11(17)8-10)25-9-14(22)24-3/h4-5,8H,6-7,9H2,1-3H3,(H,20,21)(H2,18,19,23). The van der Waals surface area contributed by atoms with Gasteiger partial charge in [-0.1, -0.05) is 11.6 Å². The first kappa shape index (κ1) is 20.6. The van der Waals surface area contributed by atoms with E-state index in [1.807, 2.05) is 0 Å². The summed E-state index contributed by atoms with van der Waals surface area (Å²) >= 11 is 6.04. The van der Waals surface area contributed by atoms with Crippen LogP contribution in [0, 0.1) is 0 Å². The molecule has 0 saturated heterocycles. The lowest BCUT2D eigenvalue weighted by Gasteiger charge is -2.25. The molecule has 0 bridgehead atoms. The number of hydrogen-bond acceptors (Lipinski definition) is 5. The second-order valence-electron chi connectivity index (χ2n) is 5.87. The number of amides is 2. The average molecular weight is 373 g/mol. The molecule has 0 aromatic heterocycles. The third kappa shape index (κ3) is 7.75. The number of esters is 1. The minimum atomic E-state index is -0.926. The highest BCUT2D eigenvalue weighted by atomic mass is 35.5. The van der Waals surface area contributed by atoms with Crippen molar-refractivity contribution in [3.63, 3.8) is 0 Å². The fourth-order valence-corrected chi connectivity index (χ4v) is 2.08. The Hall–Kier alpha value is -2.48. The van der Waals surface area contributed by atoms with Crippen LogP contribution in [0.2, 0.25) is 5.02 Å². The highest BCUT2D eigenvalue weighted by molar-refractivity contribution is 6.32. The topological polar surface area (TPSA) is 114 Å². The Morgan fingerprint density at radius 3 is 2.52 bits per heavy atom. The SMILES string of the molecule is COC(=O)COc1ccc(NC(=O)NC(C)(C)CCC(=O)O)cc1Cl. The van der Waals surface area contributed by atoms with Crippen LogP contribution in [-0.2, 0) is 14.3 Å². The zero-order valence-corrected chi connectivity index (χ0v) is 15.0. The van der Waals surface area contributed by atoms with Crippen molar-refractivity contribution in [2.45, 2.75) is 32.2 Å². The van der Waals surface area contributed by atoms with Crippen molar-refractivity contribution in [3.8, 4) is 5.75 Å². The van der Waals surface area contributed by atoms with Gasteiger partial charge in [0.25, 0.3) is 0 Å². The van der Waals surface area contributed by atoms with E-state index >= 15 is 0 Å². The van der Waals surface area contributed by atoms with Gasteiger partial charge in [0.05, 0.1) is 12.1 Å². The average Bonchev–Trinajstić information content (AvgIpc) is 2.51. The Morgan fingerprint density at radius 2 is 1.96 bits per heavy atom. The van der Waals surface area contributed by atoms with Crippen LogP contribution >= 0.6 is 11.6 Å². The second kappa shape index (κ2) is 9.12. The highest BCUT2D eigenvalue weighted by Gasteiger charge is 2.21. The maximum atomic E-state index is 12.0. The molecule has 0 fully saturated rings. The number of benzene rings is 1. The van der Waals surface area contributed by atoms with E-state index in [9.17, 15) is 14.4 Å². The predicted molar refractivity (Wildman–Crippen MR) is 92.1 cm³/mol. The van der Waals surface area contributed by atoms with Gasteiger partial charge >= 0.3 is 18.0 Å². The van der Waals surface area contributed by atoms with Crippen LogP contribution in [0.1, 0.15) is 26.7 Å². The van der Waals surface area contributed by atoms with E-state index in [1.165, 1.54) is 19.2 Å². The van der Waals surface area contributed by atoms with E-state index in [4.69, 9.17) is 21.4 Å². The van der Waals surface area contributed by atoms with Gasteiger partial charge in [-0.3, -0.25) is 4.79 Å². The zero-order chi connectivity index (χ0) is 19.0. The molecule has 8 nitrogen and oxygen atoms in total. The van der Waals surface area contributed by atoms with Gasteiger partial charge in [0.1, 0.15) is 5.75 Å². The number of hydrogen-bond donors (Lipinski definition) is 3. The first-order valence-corrected chi connectivity index (χ1v) is 7.81. The Morgan fingerprint density at radius 1 is 1.28 bits per heavy atom. The Bertz CT molecular complexity index is 648. The van der Waals surface area contributed by atoms with Crippen molar-refractivity contribution in [3.05, 3.63) is 23.2 Å².